The van der Waals surface area contributed by atoms with Gasteiger partial charge in [0.2, 0.25) is 5.91 Å². The maximum atomic E-state index is 12.3. The normalized spacial score (nSPS) is 18.9. The second-order valence-corrected chi connectivity index (χ2v) is 9.32. The molecule has 10 heteroatoms. The summed E-state index contributed by atoms with van der Waals surface area (Å²) in [6.45, 7) is 1.72. The Bertz CT molecular complexity index is 1070. The van der Waals surface area contributed by atoms with E-state index in [0.717, 1.165) is 10.5 Å². The van der Waals surface area contributed by atoms with Gasteiger partial charge in [-0.05, 0) is 37.3 Å². The van der Waals surface area contributed by atoms with Gasteiger partial charge >= 0.3 is 6.09 Å². The molecule has 1 N–H and O–H groups in total. The fourth-order valence-electron chi connectivity index (χ4n) is 3.00. The molecule has 152 valence electrons. The maximum absolute atomic E-state index is 12.3. The van der Waals surface area contributed by atoms with Gasteiger partial charge in [0.25, 0.3) is 10.1 Å². The topological polar surface area (TPSA) is 102 Å². The summed E-state index contributed by atoms with van der Waals surface area (Å²) in [5.74, 6) is 0.253. The van der Waals surface area contributed by atoms with E-state index >= 15 is 0 Å². The number of carbonyl (C=O) groups is 2. The average molecular weight is 434 g/mol. The lowest BCUT2D eigenvalue weighted by molar-refractivity contribution is -0.113. The molecule has 0 aliphatic carbocycles. The first-order chi connectivity index (χ1) is 13.8. The Balaban J connectivity index is 1.42. The van der Waals surface area contributed by atoms with E-state index in [1.54, 1.807) is 24.3 Å². The molecule has 0 aromatic heterocycles. The predicted molar refractivity (Wildman–Crippen MR) is 108 cm³/mol. The molecule has 8 nitrogen and oxygen atoms in total. The Hall–Kier alpha value is -2.56. The molecule has 1 atom stereocenters. The molecule has 2 heterocycles. The zero-order valence-corrected chi connectivity index (χ0v) is 17.1. The highest BCUT2D eigenvalue weighted by Gasteiger charge is 2.34. The molecule has 1 saturated heterocycles. The van der Waals surface area contributed by atoms with Crippen LogP contribution in [-0.4, -0.2) is 45.4 Å². The van der Waals surface area contributed by atoms with E-state index in [9.17, 15) is 18.0 Å². The third kappa shape index (κ3) is 4.24. The fraction of sp³-hybridized carbons (Fsp3) is 0.263. The van der Waals surface area contributed by atoms with Gasteiger partial charge in [-0.3, -0.25) is 13.9 Å². The van der Waals surface area contributed by atoms with E-state index < -0.39 is 22.3 Å². The molecule has 2 aliphatic rings. The minimum absolute atomic E-state index is 0.0483. The number of fused-ring (bicyclic) bond motifs is 1. The molecule has 2 aromatic rings. The Morgan fingerprint density at radius 2 is 1.97 bits per heavy atom. The molecule has 0 saturated carbocycles. The number of hydrogen-bond donors (Lipinski definition) is 1. The maximum Gasteiger partial charge on any atom is 0.414 e. The number of anilines is 2. The van der Waals surface area contributed by atoms with Gasteiger partial charge in [0.1, 0.15) is 12.7 Å². The van der Waals surface area contributed by atoms with Crippen LogP contribution in [0.15, 0.2) is 52.3 Å². The largest absolute Gasteiger partial charge is 0.441 e. The summed E-state index contributed by atoms with van der Waals surface area (Å²) in [5.41, 5.74) is 2.13. The van der Waals surface area contributed by atoms with Crippen LogP contribution in [0, 0.1) is 6.92 Å². The molecule has 2 aromatic carbocycles. The quantitative estimate of drug-likeness (QED) is 0.722. The second-order valence-electron chi connectivity index (χ2n) is 6.69. The minimum atomic E-state index is -3.94. The van der Waals surface area contributed by atoms with Gasteiger partial charge in [-0.15, -0.1) is 11.8 Å². The lowest BCUT2D eigenvalue weighted by atomic mass is 10.2. The molecule has 4 rings (SSSR count). The third-order valence-electron chi connectivity index (χ3n) is 4.50. The van der Waals surface area contributed by atoms with Crippen molar-refractivity contribution in [1.29, 1.82) is 0 Å². The number of hydrogen-bond acceptors (Lipinski definition) is 7. The van der Waals surface area contributed by atoms with Crippen LogP contribution in [0.5, 0.6) is 0 Å². The van der Waals surface area contributed by atoms with E-state index in [1.807, 2.05) is 13.0 Å². The predicted octanol–water partition coefficient (Wildman–Crippen LogP) is 2.77. The number of nitrogens with one attached hydrogen (secondary N) is 1. The van der Waals surface area contributed by atoms with E-state index in [1.165, 1.54) is 28.8 Å². The van der Waals surface area contributed by atoms with Gasteiger partial charge in [0, 0.05) is 10.6 Å². The van der Waals surface area contributed by atoms with Crippen molar-refractivity contribution >= 4 is 45.3 Å². The smallest absolute Gasteiger partial charge is 0.414 e. The first kappa shape index (κ1) is 19.7. The summed E-state index contributed by atoms with van der Waals surface area (Å²) in [7, 11) is -3.94. The van der Waals surface area contributed by atoms with Crippen LogP contribution in [0.2, 0.25) is 0 Å². The van der Waals surface area contributed by atoms with Gasteiger partial charge in [0.05, 0.1) is 22.9 Å². The Kier molecular flexibility index (Phi) is 5.24. The molecule has 0 radical (unpaired) electrons. The number of thioether (sulfide) groups is 1. The summed E-state index contributed by atoms with van der Waals surface area (Å²) in [5, 5.41) is 2.77. The molecule has 29 heavy (non-hydrogen) atoms. The number of ether oxygens (including phenoxy) is 1. The van der Waals surface area contributed by atoms with Crippen molar-refractivity contribution < 1.29 is 26.9 Å². The van der Waals surface area contributed by atoms with Crippen LogP contribution < -0.4 is 10.2 Å². The van der Waals surface area contributed by atoms with Crippen LogP contribution in [0.25, 0.3) is 0 Å². The van der Waals surface area contributed by atoms with Crippen molar-refractivity contribution in [3.8, 4) is 0 Å². The molecule has 2 aliphatic heterocycles. The standard InChI is InChI=1S/C19H18N2O6S2/c1-12-2-5-15(6-3-12)29(24,25)26-10-14-9-21(19(23)27-14)13-4-7-17-16(8-13)20-18(22)11-28-17/h2-8,14H,9-11H2,1H3,(H,20,22)/t14-/m0/s1. The van der Waals surface area contributed by atoms with E-state index in [0.29, 0.717) is 17.1 Å². The highest BCUT2D eigenvalue weighted by atomic mass is 32.2. The van der Waals surface area contributed by atoms with Crippen LogP contribution in [0.1, 0.15) is 5.56 Å². The Labute approximate surface area is 172 Å². The Morgan fingerprint density at radius 3 is 2.72 bits per heavy atom. The number of nitrogens with zero attached hydrogens (tertiary/aromatic N) is 1. The zero-order chi connectivity index (χ0) is 20.6. The Morgan fingerprint density at radius 1 is 1.21 bits per heavy atom. The molecule has 2 amide bonds. The molecule has 1 fully saturated rings. The number of amides is 2. The molecular weight excluding hydrogens is 416 g/mol. The third-order valence-corrected chi connectivity index (χ3v) is 6.87. The van der Waals surface area contributed by atoms with Gasteiger partial charge < -0.3 is 10.1 Å². The number of cyclic esters (lactones) is 1. The number of benzene rings is 2. The van der Waals surface area contributed by atoms with Gasteiger partial charge in [-0.2, -0.15) is 8.42 Å². The fourth-order valence-corrected chi connectivity index (χ4v) is 4.72. The van der Waals surface area contributed by atoms with E-state index in [4.69, 9.17) is 8.92 Å². The SMILES string of the molecule is Cc1ccc(S(=O)(=O)OC[C@@H]2CN(c3ccc4c(c3)NC(=O)CS4)C(=O)O2)cc1. The summed E-state index contributed by atoms with van der Waals surface area (Å²) in [6.07, 6.45) is -1.33. The average Bonchev–Trinajstić information content (AvgIpc) is 3.07. The molecule has 0 spiro atoms. The van der Waals surface area contributed by atoms with E-state index in [2.05, 4.69) is 5.32 Å². The van der Waals surface area contributed by atoms with Crippen LogP contribution >= 0.6 is 11.8 Å². The summed E-state index contributed by atoms with van der Waals surface area (Å²) in [6, 6.07) is 11.6. The molecular formula is C19H18N2O6S2. The molecule has 0 bridgehead atoms. The summed E-state index contributed by atoms with van der Waals surface area (Å²) in [4.78, 5) is 26.2. The van der Waals surface area contributed by atoms with Crippen molar-refractivity contribution in [3.63, 3.8) is 0 Å². The first-order valence-electron chi connectivity index (χ1n) is 8.83. The van der Waals surface area contributed by atoms with Gasteiger partial charge in [-0.25, -0.2) is 4.79 Å². The molecule has 0 unspecified atom stereocenters. The number of rotatable bonds is 5. The highest BCUT2D eigenvalue weighted by Crippen LogP contribution is 2.35. The van der Waals surface area contributed by atoms with Crippen LogP contribution in [0.3, 0.4) is 0 Å². The first-order valence-corrected chi connectivity index (χ1v) is 11.2. The number of carbonyl (C=O) groups excluding carboxylic acids is 2. The van der Waals surface area contributed by atoms with Gasteiger partial charge in [-0.1, -0.05) is 17.7 Å². The minimum Gasteiger partial charge on any atom is -0.441 e. The van der Waals surface area contributed by atoms with Crippen molar-refractivity contribution in [2.75, 3.05) is 29.1 Å². The highest BCUT2D eigenvalue weighted by molar-refractivity contribution is 8.00. The van der Waals surface area contributed by atoms with Crippen molar-refractivity contribution in [2.24, 2.45) is 0 Å². The van der Waals surface area contributed by atoms with Crippen LogP contribution in [0.4, 0.5) is 16.2 Å². The number of aryl methyl sites for hydroxylation is 1. The summed E-state index contributed by atoms with van der Waals surface area (Å²) >= 11 is 1.43. The summed E-state index contributed by atoms with van der Waals surface area (Å²) < 4.78 is 34.9. The second kappa shape index (κ2) is 7.69. The van der Waals surface area contributed by atoms with Gasteiger partial charge in [0.15, 0.2) is 0 Å². The van der Waals surface area contributed by atoms with Crippen molar-refractivity contribution in [3.05, 3.63) is 48.0 Å². The monoisotopic (exact) mass is 434 g/mol. The van der Waals surface area contributed by atoms with Crippen molar-refractivity contribution in [2.45, 2.75) is 22.8 Å². The van der Waals surface area contributed by atoms with E-state index in [-0.39, 0.29) is 24.0 Å². The lowest BCUT2D eigenvalue weighted by Crippen LogP contribution is -2.27. The zero-order valence-electron chi connectivity index (χ0n) is 15.5. The van der Waals surface area contributed by atoms with Crippen LogP contribution in [-0.2, 0) is 23.8 Å². The lowest BCUT2D eigenvalue weighted by Gasteiger charge is -2.19. The van der Waals surface area contributed by atoms with Crippen molar-refractivity contribution in [1.82, 2.24) is 0 Å².